The molecule has 0 spiro atoms. The summed E-state index contributed by atoms with van der Waals surface area (Å²) in [6, 6.07) is 2.99. The number of rotatable bonds is 1. The van der Waals surface area contributed by atoms with Gasteiger partial charge in [-0.25, -0.2) is 0 Å². The molecule has 7 heteroatoms. The van der Waals surface area contributed by atoms with Crippen molar-refractivity contribution in [3.05, 3.63) is 23.8 Å². The van der Waals surface area contributed by atoms with Crippen molar-refractivity contribution in [2.24, 2.45) is 0 Å². The molecule has 4 nitrogen and oxygen atoms in total. The second-order valence-electron chi connectivity index (χ2n) is 6.22. The standard InChI is InChI=1S/C17H17F3N2O2/c1-2-22-11-4-3-10-14(9(7-8-21-10)17(18,19)20)16(11)24-13-6-5-12(23)15(13)22/h3-4,7,13,15,21H,2,5-6,8H2,1H3/t13-,15-/m0/s1. The molecule has 1 saturated carbocycles. The van der Waals surface area contributed by atoms with Crippen molar-refractivity contribution in [3.63, 3.8) is 0 Å². The predicted molar refractivity (Wildman–Crippen MR) is 84.4 cm³/mol. The molecule has 0 radical (unpaired) electrons. The van der Waals surface area contributed by atoms with E-state index in [9.17, 15) is 18.0 Å². The molecule has 0 amide bonds. The molecule has 2 atom stereocenters. The number of benzene rings is 1. The van der Waals surface area contributed by atoms with Crippen molar-refractivity contribution in [1.29, 1.82) is 0 Å². The molecule has 2 aliphatic heterocycles. The number of carbonyl (C=O) groups is 1. The van der Waals surface area contributed by atoms with Crippen LogP contribution in [0.3, 0.4) is 0 Å². The minimum absolute atomic E-state index is 0.0579. The number of alkyl halides is 3. The fourth-order valence-corrected chi connectivity index (χ4v) is 3.92. The molecule has 1 aromatic rings. The Kier molecular flexibility index (Phi) is 3.30. The van der Waals surface area contributed by atoms with E-state index in [0.717, 1.165) is 6.08 Å². The number of nitrogens with one attached hydrogen (secondary N) is 1. The van der Waals surface area contributed by atoms with Crippen LogP contribution in [-0.4, -0.2) is 37.2 Å². The Labute approximate surface area is 137 Å². The Morgan fingerprint density at radius 1 is 1.38 bits per heavy atom. The molecule has 0 unspecified atom stereocenters. The lowest BCUT2D eigenvalue weighted by molar-refractivity contribution is -0.119. The summed E-state index contributed by atoms with van der Waals surface area (Å²) < 4.78 is 46.4. The Morgan fingerprint density at radius 3 is 2.88 bits per heavy atom. The Balaban J connectivity index is 1.90. The lowest BCUT2D eigenvalue weighted by Gasteiger charge is -2.41. The van der Waals surface area contributed by atoms with Gasteiger partial charge in [0.2, 0.25) is 0 Å². The van der Waals surface area contributed by atoms with Gasteiger partial charge in [-0.1, -0.05) is 6.08 Å². The van der Waals surface area contributed by atoms with E-state index in [0.29, 0.717) is 30.8 Å². The third-order valence-electron chi connectivity index (χ3n) is 4.92. The highest BCUT2D eigenvalue weighted by Gasteiger charge is 2.47. The highest BCUT2D eigenvalue weighted by atomic mass is 19.4. The average Bonchev–Trinajstić information content (AvgIpc) is 2.92. The zero-order chi connectivity index (χ0) is 17.1. The van der Waals surface area contributed by atoms with Crippen molar-refractivity contribution >= 4 is 22.7 Å². The van der Waals surface area contributed by atoms with Crippen LogP contribution < -0.4 is 15.0 Å². The first-order valence-electron chi connectivity index (χ1n) is 8.06. The van der Waals surface area contributed by atoms with Crippen molar-refractivity contribution < 1.29 is 22.7 Å². The maximum absolute atomic E-state index is 13.5. The van der Waals surface area contributed by atoms with Gasteiger partial charge in [-0.15, -0.1) is 0 Å². The fraction of sp³-hybridized carbons (Fsp3) is 0.471. The minimum atomic E-state index is -4.45. The molecule has 0 aromatic heterocycles. The number of allylic oxidation sites excluding steroid dienone is 1. The van der Waals surface area contributed by atoms with Crippen molar-refractivity contribution in [2.75, 3.05) is 23.3 Å². The maximum Gasteiger partial charge on any atom is 0.416 e. The summed E-state index contributed by atoms with van der Waals surface area (Å²) >= 11 is 0. The van der Waals surface area contributed by atoms with E-state index in [2.05, 4.69) is 5.32 Å². The molecule has 1 aromatic carbocycles. The van der Waals surface area contributed by atoms with Crippen LogP contribution in [0.15, 0.2) is 18.2 Å². The van der Waals surface area contributed by atoms with E-state index in [4.69, 9.17) is 4.74 Å². The number of ketones is 1. The number of halogens is 3. The zero-order valence-corrected chi connectivity index (χ0v) is 13.1. The Morgan fingerprint density at radius 2 is 2.17 bits per heavy atom. The summed E-state index contributed by atoms with van der Waals surface area (Å²) in [6.07, 6.45) is -2.74. The van der Waals surface area contributed by atoms with E-state index in [-0.39, 0.29) is 29.7 Å². The lowest BCUT2D eigenvalue weighted by atomic mass is 9.95. The van der Waals surface area contributed by atoms with Crippen LogP contribution in [0, 0.1) is 0 Å². The molecule has 24 heavy (non-hydrogen) atoms. The normalized spacial score (nSPS) is 25.2. The van der Waals surface area contributed by atoms with Crippen LogP contribution in [-0.2, 0) is 4.79 Å². The lowest BCUT2D eigenvalue weighted by Crippen LogP contribution is -2.50. The highest BCUT2D eigenvalue weighted by Crippen LogP contribution is 2.51. The number of Topliss-reactive ketones (excluding diaryl/α,β-unsaturated/α-hetero) is 1. The van der Waals surface area contributed by atoms with Crippen molar-refractivity contribution in [2.45, 2.75) is 38.1 Å². The van der Waals surface area contributed by atoms with Gasteiger partial charge in [0.1, 0.15) is 12.1 Å². The second-order valence-corrected chi connectivity index (χ2v) is 6.22. The third kappa shape index (κ3) is 2.10. The first-order chi connectivity index (χ1) is 11.4. The number of anilines is 2. The molecule has 0 saturated heterocycles. The summed E-state index contributed by atoms with van der Waals surface area (Å²) in [5.74, 6) is 0.330. The summed E-state index contributed by atoms with van der Waals surface area (Å²) in [6.45, 7) is 2.57. The van der Waals surface area contributed by atoms with Gasteiger partial charge < -0.3 is 15.0 Å². The van der Waals surface area contributed by atoms with E-state index in [1.807, 2.05) is 11.8 Å². The Bertz CT molecular complexity index is 742. The largest absolute Gasteiger partial charge is 0.485 e. The maximum atomic E-state index is 13.5. The molecule has 1 fully saturated rings. The summed E-state index contributed by atoms with van der Waals surface area (Å²) in [4.78, 5) is 14.1. The van der Waals surface area contributed by atoms with Crippen LogP contribution in [0.2, 0.25) is 0 Å². The first-order valence-corrected chi connectivity index (χ1v) is 8.06. The molecule has 0 bridgehead atoms. The molecule has 128 valence electrons. The minimum Gasteiger partial charge on any atom is -0.485 e. The van der Waals surface area contributed by atoms with Gasteiger partial charge >= 0.3 is 6.18 Å². The SMILES string of the molecule is CCN1c2ccc3c(c2O[C@H]2CCC(=O)[C@@H]21)C(C(F)(F)F)=CCN3. The van der Waals surface area contributed by atoms with E-state index < -0.39 is 17.8 Å². The molecule has 1 N–H and O–H groups in total. The van der Waals surface area contributed by atoms with Crippen molar-refractivity contribution in [3.8, 4) is 5.75 Å². The smallest absolute Gasteiger partial charge is 0.416 e. The summed E-state index contributed by atoms with van der Waals surface area (Å²) in [5.41, 5.74) is 0.364. The number of likely N-dealkylation sites (N-methyl/N-ethyl adjacent to an activating group) is 1. The van der Waals surface area contributed by atoms with E-state index in [1.54, 1.807) is 12.1 Å². The van der Waals surface area contributed by atoms with E-state index in [1.165, 1.54) is 0 Å². The topological polar surface area (TPSA) is 41.6 Å². The van der Waals surface area contributed by atoms with Crippen LogP contribution in [0.1, 0.15) is 25.3 Å². The number of hydrogen-bond acceptors (Lipinski definition) is 4. The number of hydrogen-bond donors (Lipinski definition) is 1. The second kappa shape index (κ2) is 5.16. The monoisotopic (exact) mass is 338 g/mol. The molecule has 3 aliphatic rings. The molecule has 2 heterocycles. The Hall–Kier alpha value is -2.18. The van der Waals surface area contributed by atoms with Gasteiger partial charge in [-0.2, -0.15) is 13.2 Å². The third-order valence-corrected chi connectivity index (χ3v) is 4.92. The number of ether oxygens (including phenoxy) is 1. The summed E-state index contributed by atoms with van der Waals surface area (Å²) in [7, 11) is 0. The number of fused-ring (bicyclic) bond motifs is 4. The van der Waals surface area contributed by atoms with Crippen LogP contribution >= 0.6 is 0 Å². The summed E-state index contributed by atoms with van der Waals surface area (Å²) in [5, 5.41) is 2.97. The van der Waals surface area contributed by atoms with Gasteiger partial charge in [0.05, 0.1) is 16.8 Å². The highest BCUT2D eigenvalue weighted by molar-refractivity contribution is 5.95. The molecular weight excluding hydrogens is 321 g/mol. The van der Waals surface area contributed by atoms with Gasteiger partial charge in [-0.05, 0) is 25.5 Å². The number of carbonyl (C=O) groups excluding carboxylic acids is 1. The fourth-order valence-electron chi connectivity index (χ4n) is 3.92. The molecule has 1 aliphatic carbocycles. The van der Waals surface area contributed by atoms with E-state index >= 15 is 0 Å². The van der Waals surface area contributed by atoms with Gasteiger partial charge in [0, 0.05) is 25.2 Å². The van der Waals surface area contributed by atoms with Crippen molar-refractivity contribution in [1.82, 2.24) is 0 Å². The zero-order valence-electron chi connectivity index (χ0n) is 13.1. The van der Waals surface area contributed by atoms with Gasteiger partial charge in [0.15, 0.2) is 11.5 Å². The van der Waals surface area contributed by atoms with Gasteiger partial charge in [-0.3, -0.25) is 4.79 Å². The van der Waals surface area contributed by atoms with Crippen LogP contribution in [0.25, 0.3) is 5.57 Å². The molecule has 4 rings (SSSR count). The van der Waals surface area contributed by atoms with Crippen LogP contribution in [0.5, 0.6) is 5.75 Å². The molecular formula is C17H17F3N2O2. The quantitative estimate of drug-likeness (QED) is 0.852. The number of nitrogens with zero attached hydrogens (tertiary/aromatic N) is 1. The predicted octanol–water partition coefficient (Wildman–Crippen LogP) is 3.38. The van der Waals surface area contributed by atoms with Gasteiger partial charge in [0.25, 0.3) is 0 Å². The first kappa shape index (κ1) is 15.4. The van der Waals surface area contributed by atoms with Crippen LogP contribution in [0.4, 0.5) is 24.5 Å². The average molecular weight is 338 g/mol.